The van der Waals surface area contributed by atoms with Gasteiger partial charge in [-0.15, -0.1) is 0 Å². The molecule has 0 amide bonds. The molecule has 0 saturated heterocycles. The number of carbonyl (C=O) groups is 1. The van der Waals surface area contributed by atoms with Gasteiger partial charge in [0.25, 0.3) is 0 Å². The Bertz CT molecular complexity index is 830. The lowest BCUT2D eigenvalue weighted by Gasteiger charge is -2.05. The highest BCUT2D eigenvalue weighted by atomic mass is 35.5. The summed E-state index contributed by atoms with van der Waals surface area (Å²) in [5.41, 5.74) is 2.21. The van der Waals surface area contributed by atoms with Crippen LogP contribution in [0.15, 0.2) is 54.7 Å². The summed E-state index contributed by atoms with van der Waals surface area (Å²) < 4.78 is 0. The number of carbonyl (C=O) groups excluding carboxylic acids is 1. The number of ketones is 1. The van der Waals surface area contributed by atoms with Crippen LogP contribution in [-0.4, -0.2) is 10.8 Å². The smallest absolute Gasteiger partial charge is 0.167 e. The lowest BCUT2D eigenvalue weighted by atomic mass is 10.0. The first kappa shape index (κ1) is 14.1. The summed E-state index contributed by atoms with van der Waals surface area (Å²) in [5, 5.41) is 2.08. The third-order valence-electron chi connectivity index (χ3n) is 3.29. The highest BCUT2D eigenvalue weighted by Gasteiger charge is 2.11. The molecule has 0 saturated carbocycles. The van der Waals surface area contributed by atoms with Crippen molar-refractivity contribution in [1.29, 1.82) is 0 Å². The minimum absolute atomic E-state index is 0.00627. The van der Waals surface area contributed by atoms with Gasteiger partial charge < -0.3 is 0 Å². The minimum atomic E-state index is 0.00627. The molecule has 0 aliphatic carbocycles. The molecule has 0 aliphatic rings. The molecule has 0 N–H and O–H groups in total. The van der Waals surface area contributed by atoms with Crippen molar-refractivity contribution in [3.63, 3.8) is 0 Å². The number of hydrogen-bond acceptors (Lipinski definition) is 2. The Balaban J connectivity index is 1.89. The highest BCUT2D eigenvalue weighted by molar-refractivity contribution is 6.35. The van der Waals surface area contributed by atoms with Crippen LogP contribution in [0.4, 0.5) is 0 Å². The molecule has 1 aromatic heterocycles. The van der Waals surface area contributed by atoms with Gasteiger partial charge in [-0.25, -0.2) is 0 Å². The van der Waals surface area contributed by atoms with Gasteiger partial charge in [-0.05, 0) is 29.8 Å². The highest BCUT2D eigenvalue weighted by Crippen LogP contribution is 2.23. The molecule has 0 radical (unpaired) electrons. The molecule has 0 fully saturated rings. The number of pyridine rings is 1. The number of fused-ring (bicyclic) bond motifs is 1. The average molecular weight is 316 g/mol. The first-order chi connectivity index (χ1) is 10.1. The van der Waals surface area contributed by atoms with Crippen molar-refractivity contribution in [3.05, 3.63) is 75.9 Å². The van der Waals surface area contributed by atoms with Crippen molar-refractivity contribution in [2.45, 2.75) is 6.42 Å². The standard InChI is InChI=1S/C17H11Cl2NO/c18-14-6-5-12(15(19)10-14)9-17(21)13-4-3-11-2-1-7-20-16(11)8-13/h1-8,10H,9H2. The molecule has 0 atom stereocenters. The van der Waals surface area contributed by atoms with Crippen LogP contribution in [0.25, 0.3) is 10.9 Å². The predicted molar refractivity (Wildman–Crippen MR) is 86.2 cm³/mol. The zero-order valence-corrected chi connectivity index (χ0v) is 12.5. The van der Waals surface area contributed by atoms with E-state index in [4.69, 9.17) is 23.2 Å². The van der Waals surface area contributed by atoms with Gasteiger partial charge in [0, 0.05) is 33.6 Å². The second-order valence-corrected chi connectivity index (χ2v) is 5.59. The molecule has 3 rings (SSSR count). The largest absolute Gasteiger partial charge is 0.294 e. The summed E-state index contributed by atoms with van der Waals surface area (Å²) in [6.45, 7) is 0. The maximum Gasteiger partial charge on any atom is 0.167 e. The number of benzene rings is 2. The molecule has 0 bridgehead atoms. The van der Waals surface area contributed by atoms with E-state index in [2.05, 4.69) is 4.98 Å². The fraction of sp³-hybridized carbons (Fsp3) is 0.0588. The molecule has 2 aromatic carbocycles. The maximum absolute atomic E-state index is 12.4. The van der Waals surface area contributed by atoms with Gasteiger partial charge in [0.15, 0.2) is 5.78 Å². The summed E-state index contributed by atoms with van der Waals surface area (Å²) in [5.74, 6) is 0.00627. The molecule has 21 heavy (non-hydrogen) atoms. The van der Waals surface area contributed by atoms with Gasteiger partial charge in [-0.2, -0.15) is 0 Å². The topological polar surface area (TPSA) is 30.0 Å². The summed E-state index contributed by atoms with van der Waals surface area (Å²) in [7, 11) is 0. The van der Waals surface area contributed by atoms with E-state index in [0.29, 0.717) is 15.6 Å². The third-order valence-corrected chi connectivity index (χ3v) is 3.88. The molecule has 104 valence electrons. The molecular weight excluding hydrogens is 305 g/mol. The fourth-order valence-electron chi connectivity index (χ4n) is 2.18. The van der Waals surface area contributed by atoms with E-state index >= 15 is 0 Å². The average Bonchev–Trinajstić information content (AvgIpc) is 2.49. The normalized spacial score (nSPS) is 10.8. The first-order valence-electron chi connectivity index (χ1n) is 6.45. The van der Waals surface area contributed by atoms with Crippen molar-refractivity contribution in [2.75, 3.05) is 0 Å². The summed E-state index contributed by atoms with van der Waals surface area (Å²) in [6, 6.07) is 14.5. The van der Waals surface area contributed by atoms with Gasteiger partial charge in [-0.1, -0.05) is 47.5 Å². The number of aromatic nitrogens is 1. The van der Waals surface area contributed by atoms with Crippen LogP contribution in [0.3, 0.4) is 0 Å². The molecular formula is C17H11Cl2NO. The zero-order valence-electron chi connectivity index (χ0n) is 11.0. The van der Waals surface area contributed by atoms with Crippen molar-refractivity contribution in [1.82, 2.24) is 4.98 Å². The first-order valence-corrected chi connectivity index (χ1v) is 7.21. The molecule has 2 nitrogen and oxygen atoms in total. The van der Waals surface area contributed by atoms with Crippen molar-refractivity contribution < 1.29 is 4.79 Å². The number of nitrogens with zero attached hydrogens (tertiary/aromatic N) is 1. The second-order valence-electron chi connectivity index (χ2n) is 4.75. The Kier molecular flexibility index (Phi) is 3.91. The van der Waals surface area contributed by atoms with E-state index in [0.717, 1.165) is 16.5 Å². The van der Waals surface area contributed by atoms with Gasteiger partial charge >= 0.3 is 0 Å². The third kappa shape index (κ3) is 3.07. The summed E-state index contributed by atoms with van der Waals surface area (Å²) in [4.78, 5) is 16.6. The molecule has 0 unspecified atom stereocenters. The molecule has 4 heteroatoms. The van der Waals surface area contributed by atoms with E-state index in [1.54, 1.807) is 24.4 Å². The lowest BCUT2D eigenvalue weighted by molar-refractivity contribution is 0.0993. The number of rotatable bonds is 3. The Morgan fingerprint density at radius 3 is 2.71 bits per heavy atom. The van der Waals surface area contributed by atoms with Crippen molar-refractivity contribution in [2.24, 2.45) is 0 Å². The SMILES string of the molecule is O=C(Cc1ccc(Cl)cc1Cl)c1ccc2cccnc2c1. The second kappa shape index (κ2) is 5.84. The van der Waals surface area contributed by atoms with Gasteiger partial charge in [0.1, 0.15) is 0 Å². The Morgan fingerprint density at radius 1 is 1.05 bits per heavy atom. The molecule has 1 heterocycles. The number of hydrogen-bond donors (Lipinski definition) is 0. The Labute approximate surface area is 132 Å². The van der Waals surface area contributed by atoms with Crippen LogP contribution in [0.2, 0.25) is 10.0 Å². The molecule has 3 aromatic rings. The predicted octanol–water partition coefficient (Wildman–Crippen LogP) is 4.97. The van der Waals surface area contributed by atoms with E-state index < -0.39 is 0 Å². The number of halogens is 2. The van der Waals surface area contributed by atoms with Crippen molar-refractivity contribution in [3.8, 4) is 0 Å². The quantitative estimate of drug-likeness (QED) is 0.639. The van der Waals surface area contributed by atoms with Gasteiger partial charge in [0.05, 0.1) is 5.52 Å². The number of Topliss-reactive ketones (excluding diaryl/α,β-unsaturated/α-hetero) is 1. The van der Waals surface area contributed by atoms with Gasteiger partial charge in [-0.3, -0.25) is 9.78 Å². The van der Waals surface area contributed by atoms with Crippen LogP contribution in [0.1, 0.15) is 15.9 Å². The van der Waals surface area contributed by atoms with E-state index in [-0.39, 0.29) is 12.2 Å². The van der Waals surface area contributed by atoms with E-state index in [9.17, 15) is 4.79 Å². The summed E-state index contributed by atoms with van der Waals surface area (Å²) in [6.07, 6.45) is 1.96. The van der Waals surface area contributed by atoms with Crippen LogP contribution in [-0.2, 0) is 6.42 Å². The zero-order chi connectivity index (χ0) is 14.8. The van der Waals surface area contributed by atoms with Crippen LogP contribution < -0.4 is 0 Å². The molecule has 0 aliphatic heterocycles. The summed E-state index contributed by atoms with van der Waals surface area (Å²) >= 11 is 12.0. The minimum Gasteiger partial charge on any atom is -0.294 e. The van der Waals surface area contributed by atoms with Crippen LogP contribution >= 0.6 is 23.2 Å². The molecule has 0 spiro atoms. The maximum atomic E-state index is 12.4. The van der Waals surface area contributed by atoms with Crippen LogP contribution in [0.5, 0.6) is 0 Å². The van der Waals surface area contributed by atoms with Gasteiger partial charge in [0.2, 0.25) is 0 Å². The fourth-order valence-corrected chi connectivity index (χ4v) is 2.66. The van der Waals surface area contributed by atoms with Crippen molar-refractivity contribution >= 4 is 39.9 Å². The van der Waals surface area contributed by atoms with E-state index in [1.165, 1.54) is 0 Å². The van der Waals surface area contributed by atoms with E-state index in [1.807, 2.05) is 30.3 Å². The van der Waals surface area contributed by atoms with Crippen LogP contribution in [0, 0.1) is 0 Å². The Hall–Kier alpha value is -1.90. The Morgan fingerprint density at radius 2 is 1.90 bits per heavy atom. The lowest BCUT2D eigenvalue weighted by Crippen LogP contribution is -2.04. The monoisotopic (exact) mass is 315 g/mol.